The number of ether oxygens (including phenoxy) is 1. The zero-order valence-electron chi connectivity index (χ0n) is 12.4. The van der Waals surface area contributed by atoms with E-state index in [-0.39, 0.29) is 17.4 Å². The summed E-state index contributed by atoms with van der Waals surface area (Å²) in [7, 11) is 1.36. The van der Waals surface area contributed by atoms with Crippen molar-refractivity contribution in [3.05, 3.63) is 16.4 Å². The van der Waals surface area contributed by atoms with Gasteiger partial charge < -0.3 is 10.1 Å². The van der Waals surface area contributed by atoms with E-state index in [0.717, 1.165) is 13.1 Å². The third-order valence-electron chi connectivity index (χ3n) is 3.74. The zero-order valence-corrected chi connectivity index (χ0v) is 12.4. The standard InChI is InChI=1S/C13H21N5O3/c1-10(17-6-4-3-5-7-17)8-14-12-11(18(19)20)13(21-2)16-9-15-12/h9-10H,3-8H2,1-2H3,(H,14,15,16). The van der Waals surface area contributed by atoms with Crippen LogP contribution in [0.15, 0.2) is 6.33 Å². The summed E-state index contributed by atoms with van der Waals surface area (Å²) in [5, 5.41) is 14.2. The molecule has 0 bridgehead atoms. The van der Waals surface area contributed by atoms with Gasteiger partial charge in [-0.1, -0.05) is 6.42 Å². The summed E-state index contributed by atoms with van der Waals surface area (Å²) >= 11 is 0. The van der Waals surface area contributed by atoms with Crippen LogP contribution in [0.4, 0.5) is 11.5 Å². The summed E-state index contributed by atoms with van der Waals surface area (Å²) in [6.45, 7) is 4.87. The van der Waals surface area contributed by atoms with Crippen molar-refractivity contribution in [1.82, 2.24) is 14.9 Å². The van der Waals surface area contributed by atoms with Crippen LogP contribution in [0.5, 0.6) is 5.88 Å². The number of hydrogen-bond donors (Lipinski definition) is 1. The van der Waals surface area contributed by atoms with E-state index in [2.05, 4.69) is 27.1 Å². The topological polar surface area (TPSA) is 93.4 Å². The minimum absolute atomic E-state index is 0.0249. The molecule has 21 heavy (non-hydrogen) atoms. The van der Waals surface area contributed by atoms with Crippen molar-refractivity contribution in [2.24, 2.45) is 0 Å². The molecular formula is C13H21N5O3. The van der Waals surface area contributed by atoms with E-state index in [0.29, 0.717) is 12.6 Å². The first-order valence-electron chi connectivity index (χ1n) is 7.14. The summed E-state index contributed by atoms with van der Waals surface area (Å²) in [6, 6.07) is 0.297. The van der Waals surface area contributed by atoms with Crippen molar-refractivity contribution in [2.75, 3.05) is 32.1 Å². The maximum Gasteiger partial charge on any atom is 0.372 e. The summed E-state index contributed by atoms with van der Waals surface area (Å²) < 4.78 is 4.93. The molecule has 1 aromatic rings. The molecule has 1 aliphatic rings. The van der Waals surface area contributed by atoms with Gasteiger partial charge in [0.15, 0.2) is 0 Å². The summed E-state index contributed by atoms with van der Waals surface area (Å²) in [4.78, 5) is 20.7. The molecule has 1 unspecified atom stereocenters. The van der Waals surface area contributed by atoms with Crippen molar-refractivity contribution < 1.29 is 9.66 Å². The molecule has 0 spiro atoms. The second kappa shape index (κ2) is 7.16. The van der Waals surface area contributed by atoms with Crippen LogP contribution >= 0.6 is 0 Å². The van der Waals surface area contributed by atoms with Crippen LogP contribution in [0.25, 0.3) is 0 Å². The number of methoxy groups -OCH3 is 1. The molecular weight excluding hydrogens is 274 g/mol. The number of nitrogens with zero attached hydrogens (tertiary/aromatic N) is 4. The van der Waals surface area contributed by atoms with Crippen molar-refractivity contribution in [3.8, 4) is 5.88 Å². The maximum atomic E-state index is 11.1. The van der Waals surface area contributed by atoms with E-state index < -0.39 is 4.92 Å². The van der Waals surface area contributed by atoms with Gasteiger partial charge in [-0.05, 0) is 32.9 Å². The molecule has 0 aliphatic carbocycles. The average Bonchev–Trinajstić information content (AvgIpc) is 2.52. The van der Waals surface area contributed by atoms with Crippen LogP contribution in [0, 0.1) is 10.1 Å². The molecule has 0 aromatic carbocycles. The third kappa shape index (κ3) is 3.78. The molecule has 1 atom stereocenters. The minimum atomic E-state index is -0.521. The van der Waals surface area contributed by atoms with Crippen molar-refractivity contribution in [1.29, 1.82) is 0 Å². The SMILES string of the molecule is COc1ncnc(NCC(C)N2CCCCC2)c1[N+](=O)[O-]. The number of likely N-dealkylation sites (tertiary alicyclic amines) is 1. The van der Waals surface area contributed by atoms with E-state index in [1.54, 1.807) is 0 Å². The Bertz CT molecular complexity index is 491. The second-order valence-electron chi connectivity index (χ2n) is 5.16. The summed E-state index contributed by atoms with van der Waals surface area (Å²) in [6.07, 6.45) is 4.97. The Morgan fingerprint density at radius 1 is 1.43 bits per heavy atom. The second-order valence-corrected chi connectivity index (χ2v) is 5.16. The number of nitrogens with one attached hydrogen (secondary N) is 1. The van der Waals surface area contributed by atoms with Gasteiger partial charge in [-0.25, -0.2) is 4.98 Å². The molecule has 1 saturated heterocycles. The number of aromatic nitrogens is 2. The normalized spacial score (nSPS) is 17.2. The van der Waals surface area contributed by atoms with Gasteiger partial charge >= 0.3 is 5.69 Å². The number of hydrogen-bond acceptors (Lipinski definition) is 7. The summed E-state index contributed by atoms with van der Waals surface area (Å²) in [5.74, 6) is 0.179. The van der Waals surface area contributed by atoms with Crippen LogP contribution in [0.2, 0.25) is 0 Å². The Morgan fingerprint density at radius 3 is 2.76 bits per heavy atom. The molecule has 1 N–H and O–H groups in total. The Morgan fingerprint density at radius 2 is 2.14 bits per heavy atom. The van der Waals surface area contributed by atoms with Gasteiger partial charge in [-0.2, -0.15) is 4.98 Å². The quantitative estimate of drug-likeness (QED) is 0.630. The molecule has 1 aromatic heterocycles. The fraction of sp³-hybridized carbons (Fsp3) is 0.692. The first-order valence-corrected chi connectivity index (χ1v) is 7.14. The first kappa shape index (κ1) is 15.4. The maximum absolute atomic E-state index is 11.1. The van der Waals surface area contributed by atoms with Crippen molar-refractivity contribution in [2.45, 2.75) is 32.2 Å². The van der Waals surface area contributed by atoms with E-state index >= 15 is 0 Å². The van der Waals surface area contributed by atoms with Gasteiger partial charge in [0, 0.05) is 12.6 Å². The van der Waals surface area contributed by atoms with Crippen molar-refractivity contribution in [3.63, 3.8) is 0 Å². The molecule has 1 fully saturated rings. The van der Waals surface area contributed by atoms with E-state index in [1.165, 1.54) is 32.7 Å². The van der Waals surface area contributed by atoms with Crippen LogP contribution in [0.1, 0.15) is 26.2 Å². The first-order chi connectivity index (χ1) is 10.1. The fourth-order valence-electron chi connectivity index (χ4n) is 2.54. The lowest BCUT2D eigenvalue weighted by atomic mass is 10.1. The third-order valence-corrected chi connectivity index (χ3v) is 3.74. The lowest BCUT2D eigenvalue weighted by Crippen LogP contribution is -2.41. The number of anilines is 1. The Hall–Kier alpha value is -1.96. The van der Waals surface area contributed by atoms with Gasteiger partial charge in [0.25, 0.3) is 5.88 Å². The largest absolute Gasteiger partial charge is 0.476 e. The van der Waals surface area contributed by atoms with Crippen LogP contribution in [0.3, 0.4) is 0 Å². The minimum Gasteiger partial charge on any atom is -0.476 e. The monoisotopic (exact) mass is 295 g/mol. The van der Waals surface area contributed by atoms with Gasteiger partial charge in [0.05, 0.1) is 12.0 Å². The van der Waals surface area contributed by atoms with Crippen LogP contribution < -0.4 is 10.1 Å². The van der Waals surface area contributed by atoms with Crippen molar-refractivity contribution >= 4 is 11.5 Å². The highest BCUT2D eigenvalue weighted by Crippen LogP contribution is 2.30. The average molecular weight is 295 g/mol. The highest BCUT2D eigenvalue weighted by molar-refractivity contribution is 5.61. The molecule has 8 nitrogen and oxygen atoms in total. The van der Waals surface area contributed by atoms with Crippen LogP contribution in [-0.4, -0.2) is 52.6 Å². The Labute approximate surface area is 123 Å². The molecule has 116 valence electrons. The number of piperidine rings is 1. The lowest BCUT2D eigenvalue weighted by molar-refractivity contribution is -0.385. The van der Waals surface area contributed by atoms with Gasteiger partial charge in [-0.3, -0.25) is 15.0 Å². The highest BCUT2D eigenvalue weighted by Gasteiger charge is 2.24. The van der Waals surface area contributed by atoms with Crippen LogP contribution in [-0.2, 0) is 0 Å². The van der Waals surface area contributed by atoms with Gasteiger partial charge in [-0.15, -0.1) is 0 Å². The Balaban J connectivity index is 2.03. The van der Waals surface area contributed by atoms with E-state index in [1.807, 2.05) is 0 Å². The Kier molecular flexibility index (Phi) is 5.26. The predicted molar refractivity (Wildman–Crippen MR) is 78.6 cm³/mol. The molecule has 8 heteroatoms. The smallest absolute Gasteiger partial charge is 0.372 e. The fourth-order valence-corrected chi connectivity index (χ4v) is 2.54. The van der Waals surface area contributed by atoms with Gasteiger partial charge in [0.1, 0.15) is 6.33 Å². The predicted octanol–water partition coefficient (Wildman–Crippen LogP) is 1.68. The number of rotatable bonds is 6. The molecule has 1 aliphatic heterocycles. The zero-order chi connectivity index (χ0) is 15.2. The molecule has 2 heterocycles. The molecule has 0 saturated carbocycles. The number of nitro groups is 1. The summed E-state index contributed by atoms with van der Waals surface area (Å²) in [5.41, 5.74) is -0.217. The molecule has 2 rings (SSSR count). The molecule has 0 amide bonds. The highest BCUT2D eigenvalue weighted by atomic mass is 16.6. The van der Waals surface area contributed by atoms with Gasteiger partial charge in [0.2, 0.25) is 5.82 Å². The van der Waals surface area contributed by atoms with E-state index in [4.69, 9.17) is 4.74 Å². The molecule has 0 radical (unpaired) electrons. The van der Waals surface area contributed by atoms with E-state index in [9.17, 15) is 10.1 Å². The lowest BCUT2D eigenvalue weighted by Gasteiger charge is -2.32.